The smallest absolute Gasteiger partial charge is 0.233 e. The van der Waals surface area contributed by atoms with Gasteiger partial charge in [0.2, 0.25) is 17.8 Å². The van der Waals surface area contributed by atoms with Crippen molar-refractivity contribution in [1.29, 1.82) is 0 Å². The summed E-state index contributed by atoms with van der Waals surface area (Å²) in [5.74, 6) is 2.37. The molecule has 4 rings (SSSR count). The second-order valence-corrected chi connectivity index (χ2v) is 7.69. The molecule has 32 heavy (non-hydrogen) atoms. The van der Waals surface area contributed by atoms with E-state index in [0.717, 1.165) is 0 Å². The Morgan fingerprint density at radius 1 is 0.812 bits per heavy atom. The summed E-state index contributed by atoms with van der Waals surface area (Å²) in [6.45, 7) is 2.54. The Kier molecular flexibility index (Phi) is 6.99. The zero-order chi connectivity index (χ0) is 22.5. The van der Waals surface area contributed by atoms with E-state index >= 15 is 0 Å². The third-order valence-electron chi connectivity index (χ3n) is 4.73. The van der Waals surface area contributed by atoms with E-state index in [2.05, 4.69) is 25.6 Å². The van der Waals surface area contributed by atoms with Crippen molar-refractivity contribution in [3.8, 4) is 11.5 Å². The van der Waals surface area contributed by atoms with Crippen molar-refractivity contribution in [2.75, 3.05) is 56.1 Å². The second-order valence-electron chi connectivity index (χ2n) is 6.82. The Labute approximate surface area is 195 Å². The molecule has 0 saturated carbocycles. The first kappa shape index (κ1) is 22.2. The van der Waals surface area contributed by atoms with Gasteiger partial charge < -0.3 is 29.7 Å². The topological polar surface area (TPSA) is 93.7 Å². The summed E-state index contributed by atoms with van der Waals surface area (Å²) < 4.78 is 16.3. The average molecular weight is 477 g/mol. The lowest BCUT2D eigenvalue weighted by molar-refractivity contribution is 0.122. The molecule has 1 aliphatic heterocycles. The van der Waals surface area contributed by atoms with Crippen LogP contribution in [0.5, 0.6) is 11.5 Å². The van der Waals surface area contributed by atoms with Crippen molar-refractivity contribution in [3.63, 3.8) is 0 Å². The summed E-state index contributed by atoms with van der Waals surface area (Å²) in [7, 11) is 3.17. The quantitative estimate of drug-likeness (QED) is 0.510. The van der Waals surface area contributed by atoms with Crippen molar-refractivity contribution < 1.29 is 14.2 Å². The molecule has 168 valence electrons. The van der Waals surface area contributed by atoms with Gasteiger partial charge in [-0.3, -0.25) is 0 Å². The molecule has 1 fully saturated rings. The molecule has 1 aromatic heterocycles. The van der Waals surface area contributed by atoms with Crippen LogP contribution in [0.3, 0.4) is 0 Å². The molecular formula is C21H22Cl2N6O3. The average Bonchev–Trinajstić information content (AvgIpc) is 2.80. The third kappa shape index (κ3) is 5.24. The van der Waals surface area contributed by atoms with Gasteiger partial charge in [-0.25, -0.2) is 0 Å². The molecule has 1 saturated heterocycles. The van der Waals surface area contributed by atoms with Crippen LogP contribution in [0, 0.1) is 0 Å². The Morgan fingerprint density at radius 2 is 1.31 bits per heavy atom. The van der Waals surface area contributed by atoms with Crippen LogP contribution in [0.4, 0.5) is 29.2 Å². The van der Waals surface area contributed by atoms with Gasteiger partial charge in [-0.2, -0.15) is 15.0 Å². The number of nitrogens with zero attached hydrogens (tertiary/aromatic N) is 4. The molecule has 0 radical (unpaired) electrons. The van der Waals surface area contributed by atoms with Gasteiger partial charge in [0.15, 0.2) is 0 Å². The standard InChI is InChI=1S/C21H22Cl2N6O3/c1-30-17-5-3-13(22)11-15(17)24-19-26-20(25-16-12-14(23)4-6-18(16)31-2)28-21(27-19)29-7-9-32-10-8-29/h3-6,11-12H,7-10H2,1-2H3,(H2,24,25,26,27,28). The number of rotatable bonds is 7. The van der Waals surface area contributed by atoms with Crippen molar-refractivity contribution in [2.45, 2.75) is 0 Å². The van der Waals surface area contributed by atoms with Gasteiger partial charge in [0, 0.05) is 23.1 Å². The largest absolute Gasteiger partial charge is 0.495 e. The molecule has 2 N–H and O–H groups in total. The van der Waals surface area contributed by atoms with E-state index in [-0.39, 0.29) is 0 Å². The predicted octanol–water partition coefficient (Wildman–Crippen LogP) is 4.52. The van der Waals surface area contributed by atoms with E-state index in [9.17, 15) is 0 Å². The number of aromatic nitrogens is 3. The third-order valence-corrected chi connectivity index (χ3v) is 5.20. The first-order chi connectivity index (χ1) is 15.6. The monoisotopic (exact) mass is 476 g/mol. The van der Waals surface area contributed by atoms with E-state index in [0.29, 0.717) is 77.1 Å². The summed E-state index contributed by atoms with van der Waals surface area (Å²) in [5.41, 5.74) is 1.26. The molecular weight excluding hydrogens is 455 g/mol. The molecule has 0 atom stereocenters. The van der Waals surface area contributed by atoms with Crippen LogP contribution in [0.15, 0.2) is 36.4 Å². The van der Waals surface area contributed by atoms with E-state index in [1.165, 1.54) is 0 Å². The first-order valence-electron chi connectivity index (χ1n) is 9.85. The Morgan fingerprint density at radius 3 is 1.78 bits per heavy atom. The predicted molar refractivity (Wildman–Crippen MR) is 125 cm³/mol. The molecule has 0 spiro atoms. The highest BCUT2D eigenvalue weighted by Crippen LogP contribution is 2.32. The summed E-state index contributed by atoms with van der Waals surface area (Å²) >= 11 is 12.3. The van der Waals surface area contributed by atoms with Gasteiger partial charge in [0.1, 0.15) is 11.5 Å². The fraction of sp³-hybridized carbons (Fsp3) is 0.286. The molecule has 2 aromatic carbocycles. The molecule has 1 aliphatic rings. The molecule has 3 aromatic rings. The number of anilines is 5. The maximum atomic E-state index is 6.17. The minimum Gasteiger partial charge on any atom is -0.495 e. The lowest BCUT2D eigenvalue weighted by Gasteiger charge is -2.27. The van der Waals surface area contributed by atoms with Crippen LogP contribution < -0.4 is 25.0 Å². The van der Waals surface area contributed by atoms with Gasteiger partial charge in [-0.05, 0) is 36.4 Å². The summed E-state index contributed by atoms with van der Waals surface area (Å²) in [5, 5.41) is 7.47. The number of ether oxygens (including phenoxy) is 3. The zero-order valence-electron chi connectivity index (χ0n) is 17.6. The molecule has 0 amide bonds. The van der Waals surface area contributed by atoms with Crippen molar-refractivity contribution in [3.05, 3.63) is 46.4 Å². The zero-order valence-corrected chi connectivity index (χ0v) is 19.1. The van der Waals surface area contributed by atoms with E-state index < -0.39 is 0 Å². The number of hydrogen-bond donors (Lipinski definition) is 2. The van der Waals surface area contributed by atoms with Gasteiger partial charge in [0.25, 0.3) is 0 Å². The van der Waals surface area contributed by atoms with E-state index in [4.69, 9.17) is 37.4 Å². The van der Waals surface area contributed by atoms with Gasteiger partial charge >= 0.3 is 0 Å². The van der Waals surface area contributed by atoms with Crippen LogP contribution in [0.2, 0.25) is 10.0 Å². The highest BCUT2D eigenvalue weighted by molar-refractivity contribution is 6.31. The van der Waals surface area contributed by atoms with Crippen molar-refractivity contribution in [1.82, 2.24) is 15.0 Å². The van der Waals surface area contributed by atoms with Crippen LogP contribution in [0.1, 0.15) is 0 Å². The first-order valence-corrected chi connectivity index (χ1v) is 10.6. The number of nitrogens with one attached hydrogen (secondary N) is 2. The normalized spacial score (nSPS) is 13.6. The highest BCUT2D eigenvalue weighted by Gasteiger charge is 2.18. The Hall–Kier alpha value is -3.01. The number of methoxy groups -OCH3 is 2. The van der Waals surface area contributed by atoms with Crippen LogP contribution in [0.25, 0.3) is 0 Å². The summed E-state index contributed by atoms with van der Waals surface area (Å²) in [6, 6.07) is 10.5. The van der Waals surface area contributed by atoms with E-state index in [1.54, 1.807) is 50.6 Å². The molecule has 11 heteroatoms. The lowest BCUT2D eigenvalue weighted by Crippen LogP contribution is -2.37. The van der Waals surface area contributed by atoms with E-state index in [1.807, 2.05) is 4.90 Å². The number of hydrogen-bond acceptors (Lipinski definition) is 9. The molecule has 0 bridgehead atoms. The number of halogens is 2. The SMILES string of the molecule is COc1ccc(Cl)cc1Nc1nc(Nc2cc(Cl)ccc2OC)nc(N2CCOCC2)n1. The summed E-state index contributed by atoms with van der Waals surface area (Å²) in [4.78, 5) is 15.8. The van der Waals surface area contributed by atoms with Crippen molar-refractivity contribution >= 4 is 52.4 Å². The fourth-order valence-electron chi connectivity index (χ4n) is 3.18. The maximum Gasteiger partial charge on any atom is 0.233 e. The molecule has 0 unspecified atom stereocenters. The second kappa shape index (κ2) is 10.1. The van der Waals surface area contributed by atoms with Gasteiger partial charge in [-0.1, -0.05) is 23.2 Å². The maximum absolute atomic E-state index is 6.17. The number of benzene rings is 2. The van der Waals surface area contributed by atoms with Crippen LogP contribution in [-0.2, 0) is 4.74 Å². The minimum atomic E-state index is 0.325. The number of morpholine rings is 1. The molecule has 0 aliphatic carbocycles. The van der Waals surface area contributed by atoms with Crippen molar-refractivity contribution in [2.24, 2.45) is 0 Å². The fourth-order valence-corrected chi connectivity index (χ4v) is 3.52. The Bertz CT molecular complexity index is 1020. The Balaban J connectivity index is 1.72. The minimum absolute atomic E-state index is 0.325. The lowest BCUT2D eigenvalue weighted by atomic mass is 10.3. The van der Waals surface area contributed by atoms with Crippen LogP contribution in [-0.4, -0.2) is 55.5 Å². The van der Waals surface area contributed by atoms with Crippen LogP contribution >= 0.6 is 23.2 Å². The molecule has 2 heterocycles. The highest BCUT2D eigenvalue weighted by atomic mass is 35.5. The molecule has 9 nitrogen and oxygen atoms in total. The van der Waals surface area contributed by atoms with Gasteiger partial charge in [0.05, 0.1) is 38.8 Å². The van der Waals surface area contributed by atoms with Gasteiger partial charge in [-0.15, -0.1) is 0 Å². The summed E-state index contributed by atoms with van der Waals surface area (Å²) in [6.07, 6.45) is 0.